The minimum atomic E-state index is -0.810. The number of thiazole rings is 1. The van der Waals surface area contributed by atoms with Crippen molar-refractivity contribution >= 4 is 16.5 Å². The summed E-state index contributed by atoms with van der Waals surface area (Å²) in [7, 11) is 0. The van der Waals surface area contributed by atoms with E-state index in [4.69, 9.17) is 10.5 Å². The van der Waals surface area contributed by atoms with Gasteiger partial charge < -0.3 is 15.6 Å². The van der Waals surface area contributed by atoms with Crippen molar-refractivity contribution in [2.24, 2.45) is 0 Å². The molecule has 11 heavy (non-hydrogen) atoms. The Kier molecular flexibility index (Phi) is 1.38. The van der Waals surface area contributed by atoms with Gasteiger partial charge in [0.15, 0.2) is 5.13 Å². The Labute approximate surface area is 67.6 Å². The topological polar surface area (TPSA) is 68.4 Å². The van der Waals surface area contributed by atoms with Crippen LogP contribution < -0.4 is 5.73 Å². The van der Waals surface area contributed by atoms with Crippen molar-refractivity contribution in [2.45, 2.75) is 5.60 Å². The maximum atomic E-state index is 9.68. The van der Waals surface area contributed by atoms with Crippen molar-refractivity contribution in [3.63, 3.8) is 0 Å². The second-order valence-electron chi connectivity index (χ2n) is 2.59. The van der Waals surface area contributed by atoms with Crippen molar-refractivity contribution < 1.29 is 9.84 Å². The number of nitrogen functional groups attached to an aromatic ring is 1. The third-order valence-corrected chi connectivity index (χ3v) is 2.68. The van der Waals surface area contributed by atoms with Crippen molar-refractivity contribution in [3.8, 4) is 0 Å². The highest BCUT2D eigenvalue weighted by atomic mass is 32.1. The smallest absolute Gasteiger partial charge is 0.180 e. The van der Waals surface area contributed by atoms with Crippen LogP contribution in [-0.4, -0.2) is 23.3 Å². The molecule has 5 heteroatoms. The first kappa shape index (κ1) is 7.02. The molecular weight excluding hydrogens is 164 g/mol. The Morgan fingerprint density at radius 3 is 2.82 bits per heavy atom. The molecule has 2 rings (SSSR count). The molecule has 1 fully saturated rings. The predicted octanol–water partition coefficient (Wildman–Crippen LogP) is -0.0569. The van der Waals surface area contributed by atoms with Crippen LogP contribution >= 0.6 is 11.3 Å². The molecule has 0 aromatic carbocycles. The number of aromatic nitrogens is 1. The number of aliphatic hydroxyl groups is 1. The van der Waals surface area contributed by atoms with Gasteiger partial charge >= 0.3 is 0 Å². The van der Waals surface area contributed by atoms with E-state index >= 15 is 0 Å². The van der Waals surface area contributed by atoms with E-state index in [-0.39, 0.29) is 0 Å². The van der Waals surface area contributed by atoms with Gasteiger partial charge in [0.25, 0.3) is 0 Å². The molecule has 0 spiro atoms. The van der Waals surface area contributed by atoms with E-state index < -0.39 is 5.60 Å². The number of anilines is 1. The van der Waals surface area contributed by atoms with Gasteiger partial charge in [-0.15, -0.1) is 0 Å². The molecule has 1 aromatic rings. The van der Waals surface area contributed by atoms with Gasteiger partial charge in [0.1, 0.15) is 5.60 Å². The zero-order chi connectivity index (χ0) is 7.90. The van der Waals surface area contributed by atoms with E-state index in [1.807, 2.05) is 0 Å². The van der Waals surface area contributed by atoms with Gasteiger partial charge in [-0.05, 0) is 0 Å². The lowest BCUT2D eigenvalue weighted by Gasteiger charge is -2.34. The minimum Gasteiger partial charge on any atom is -0.379 e. The van der Waals surface area contributed by atoms with Gasteiger partial charge in [-0.1, -0.05) is 11.3 Å². The lowest BCUT2D eigenvalue weighted by molar-refractivity contribution is -0.182. The number of hydrogen-bond donors (Lipinski definition) is 2. The van der Waals surface area contributed by atoms with Crippen LogP contribution in [-0.2, 0) is 10.3 Å². The molecular formula is C6H8N2O2S. The Hall–Kier alpha value is -0.650. The highest BCUT2D eigenvalue weighted by Crippen LogP contribution is 2.33. The zero-order valence-corrected chi connectivity index (χ0v) is 6.60. The van der Waals surface area contributed by atoms with Crippen LogP contribution in [0.3, 0.4) is 0 Å². The second-order valence-corrected chi connectivity index (χ2v) is 3.65. The van der Waals surface area contributed by atoms with E-state index in [0.29, 0.717) is 18.3 Å². The summed E-state index contributed by atoms with van der Waals surface area (Å²) >= 11 is 1.31. The van der Waals surface area contributed by atoms with E-state index in [1.54, 1.807) is 6.20 Å². The maximum Gasteiger partial charge on any atom is 0.180 e. The van der Waals surface area contributed by atoms with Gasteiger partial charge in [0.05, 0.1) is 18.1 Å². The summed E-state index contributed by atoms with van der Waals surface area (Å²) in [6, 6.07) is 0. The first-order chi connectivity index (χ1) is 5.21. The molecule has 1 aliphatic rings. The molecule has 0 radical (unpaired) electrons. The van der Waals surface area contributed by atoms with Crippen molar-refractivity contribution in [1.29, 1.82) is 0 Å². The van der Waals surface area contributed by atoms with Crippen LogP contribution in [0.15, 0.2) is 6.20 Å². The maximum absolute atomic E-state index is 9.68. The SMILES string of the molecule is Nc1ncc(C2(O)COC2)s1. The molecule has 2 heterocycles. The molecule has 0 aliphatic carbocycles. The highest BCUT2D eigenvalue weighted by Gasteiger charge is 2.39. The normalized spacial score (nSPS) is 21.2. The minimum absolute atomic E-state index is 0.356. The molecule has 0 atom stereocenters. The zero-order valence-electron chi connectivity index (χ0n) is 5.78. The van der Waals surface area contributed by atoms with Crippen LogP contribution in [0.4, 0.5) is 5.13 Å². The summed E-state index contributed by atoms with van der Waals surface area (Å²) in [5.41, 5.74) is 4.60. The summed E-state index contributed by atoms with van der Waals surface area (Å²) in [5.74, 6) is 0. The highest BCUT2D eigenvalue weighted by molar-refractivity contribution is 7.15. The van der Waals surface area contributed by atoms with Gasteiger partial charge in [-0.25, -0.2) is 4.98 Å². The van der Waals surface area contributed by atoms with Crippen molar-refractivity contribution in [1.82, 2.24) is 4.98 Å². The first-order valence-electron chi connectivity index (χ1n) is 3.23. The molecule has 0 amide bonds. The molecule has 60 valence electrons. The second kappa shape index (κ2) is 2.17. The van der Waals surface area contributed by atoms with Crippen molar-refractivity contribution in [3.05, 3.63) is 11.1 Å². The van der Waals surface area contributed by atoms with Crippen LogP contribution in [0, 0.1) is 0 Å². The molecule has 0 unspecified atom stereocenters. The van der Waals surface area contributed by atoms with Gasteiger partial charge in [-0.3, -0.25) is 0 Å². The Balaban J connectivity index is 2.28. The number of hydrogen-bond acceptors (Lipinski definition) is 5. The Bertz CT molecular complexity index is 269. The van der Waals surface area contributed by atoms with E-state index in [1.165, 1.54) is 11.3 Å². The monoisotopic (exact) mass is 172 g/mol. The predicted molar refractivity (Wildman–Crippen MR) is 41.2 cm³/mol. The van der Waals surface area contributed by atoms with Gasteiger partial charge in [-0.2, -0.15) is 0 Å². The molecule has 0 saturated carbocycles. The van der Waals surface area contributed by atoms with E-state index in [9.17, 15) is 5.11 Å². The summed E-state index contributed by atoms with van der Waals surface area (Å²) in [6.45, 7) is 0.712. The molecule has 0 bridgehead atoms. The van der Waals surface area contributed by atoms with Crippen LogP contribution in [0.1, 0.15) is 4.88 Å². The molecule has 1 aromatic heterocycles. The molecule has 4 nitrogen and oxygen atoms in total. The van der Waals surface area contributed by atoms with E-state index in [2.05, 4.69) is 4.98 Å². The Morgan fingerprint density at radius 1 is 1.73 bits per heavy atom. The van der Waals surface area contributed by atoms with Crippen LogP contribution in [0.5, 0.6) is 0 Å². The van der Waals surface area contributed by atoms with Gasteiger partial charge in [0.2, 0.25) is 0 Å². The van der Waals surface area contributed by atoms with Crippen LogP contribution in [0.2, 0.25) is 0 Å². The molecule has 1 aliphatic heterocycles. The fraction of sp³-hybridized carbons (Fsp3) is 0.500. The van der Waals surface area contributed by atoms with Crippen molar-refractivity contribution in [2.75, 3.05) is 18.9 Å². The largest absolute Gasteiger partial charge is 0.379 e. The number of nitrogens with zero attached hydrogens (tertiary/aromatic N) is 1. The number of ether oxygens (including phenoxy) is 1. The lowest BCUT2D eigenvalue weighted by Crippen LogP contribution is -2.45. The average Bonchev–Trinajstić information content (AvgIpc) is 2.31. The average molecular weight is 172 g/mol. The summed E-state index contributed by atoms with van der Waals surface area (Å²) < 4.78 is 4.89. The summed E-state index contributed by atoms with van der Waals surface area (Å²) in [5, 5.41) is 10.2. The molecule has 3 N–H and O–H groups in total. The van der Waals surface area contributed by atoms with E-state index in [0.717, 1.165) is 4.88 Å². The fourth-order valence-corrected chi connectivity index (χ4v) is 1.68. The number of nitrogens with two attached hydrogens (primary N) is 1. The number of rotatable bonds is 1. The van der Waals surface area contributed by atoms with Crippen LogP contribution in [0.25, 0.3) is 0 Å². The third-order valence-electron chi connectivity index (χ3n) is 1.66. The van der Waals surface area contributed by atoms with Gasteiger partial charge in [0, 0.05) is 6.20 Å². The summed E-state index contributed by atoms with van der Waals surface area (Å²) in [6.07, 6.45) is 1.60. The molecule has 1 saturated heterocycles. The quantitative estimate of drug-likeness (QED) is 0.623. The Morgan fingerprint density at radius 2 is 2.45 bits per heavy atom. The lowest BCUT2D eigenvalue weighted by atomic mass is 10.0. The third kappa shape index (κ3) is 1.01. The summed E-state index contributed by atoms with van der Waals surface area (Å²) in [4.78, 5) is 4.64. The standard InChI is InChI=1S/C6H8N2O2S/c7-5-8-1-4(11-5)6(9)2-10-3-6/h1,9H,2-3H2,(H2,7,8). The first-order valence-corrected chi connectivity index (χ1v) is 4.04. The fourth-order valence-electron chi connectivity index (χ4n) is 0.940.